The maximum Gasteiger partial charge on any atom is 0.257 e. The lowest BCUT2D eigenvalue weighted by atomic mass is 10.1. The molecule has 0 fully saturated rings. The molecule has 106 valence electrons. The van der Waals surface area contributed by atoms with E-state index in [0.717, 1.165) is 0 Å². The number of aromatic hydroxyl groups is 1. The van der Waals surface area contributed by atoms with E-state index < -0.39 is 5.91 Å². The van der Waals surface area contributed by atoms with Gasteiger partial charge >= 0.3 is 0 Å². The maximum absolute atomic E-state index is 12.1. The summed E-state index contributed by atoms with van der Waals surface area (Å²) >= 11 is 5.92. The molecule has 6 heteroatoms. The van der Waals surface area contributed by atoms with Crippen molar-refractivity contribution in [2.75, 3.05) is 11.9 Å². The number of hydrogen-bond acceptors (Lipinski definition) is 4. The molecule has 0 spiro atoms. The summed E-state index contributed by atoms with van der Waals surface area (Å²) in [5.74, 6) is 5.07. The van der Waals surface area contributed by atoms with Crippen LogP contribution in [0.4, 0.5) is 5.69 Å². The normalized spacial score (nSPS) is 9.62. The lowest BCUT2D eigenvalue weighted by molar-refractivity contribution is 0.102. The summed E-state index contributed by atoms with van der Waals surface area (Å²) in [5.41, 5.74) is 6.65. The molecular weight excluding hydrogens is 290 g/mol. The minimum absolute atomic E-state index is 0.0816. The van der Waals surface area contributed by atoms with E-state index in [9.17, 15) is 9.90 Å². The Morgan fingerprint density at radius 3 is 2.90 bits per heavy atom. The fraction of sp³-hybridized carbons (Fsp3) is 0.0667. The summed E-state index contributed by atoms with van der Waals surface area (Å²) in [6.45, 7) is 0.205. The van der Waals surface area contributed by atoms with Crippen molar-refractivity contribution >= 4 is 23.2 Å². The number of halogens is 1. The molecule has 0 bridgehead atoms. The van der Waals surface area contributed by atoms with Crippen LogP contribution in [0.15, 0.2) is 36.7 Å². The molecule has 4 N–H and O–H groups in total. The number of aromatic nitrogens is 1. The summed E-state index contributed by atoms with van der Waals surface area (Å²) < 4.78 is 0. The third-order valence-corrected chi connectivity index (χ3v) is 2.78. The van der Waals surface area contributed by atoms with E-state index in [1.807, 2.05) is 0 Å². The van der Waals surface area contributed by atoms with E-state index in [4.69, 9.17) is 17.3 Å². The average Bonchev–Trinajstić information content (AvgIpc) is 2.47. The minimum atomic E-state index is -0.406. The highest BCUT2D eigenvalue weighted by atomic mass is 35.5. The molecule has 5 nitrogen and oxygen atoms in total. The number of nitrogens with two attached hydrogens (primary N) is 1. The Bertz CT molecular complexity index is 735. The third kappa shape index (κ3) is 3.96. The van der Waals surface area contributed by atoms with Gasteiger partial charge in [0.2, 0.25) is 0 Å². The average molecular weight is 302 g/mol. The summed E-state index contributed by atoms with van der Waals surface area (Å²) in [6.07, 6.45) is 2.60. The molecule has 1 amide bonds. The second kappa shape index (κ2) is 6.75. The number of rotatable bonds is 2. The lowest BCUT2D eigenvalue weighted by Gasteiger charge is -2.08. The van der Waals surface area contributed by atoms with Crippen LogP contribution >= 0.6 is 11.6 Å². The molecule has 1 aromatic carbocycles. The van der Waals surface area contributed by atoms with Crippen LogP contribution in [-0.2, 0) is 0 Å². The zero-order valence-electron chi connectivity index (χ0n) is 10.9. The number of nitrogens with one attached hydrogen (secondary N) is 1. The van der Waals surface area contributed by atoms with E-state index in [0.29, 0.717) is 16.3 Å². The molecule has 0 aliphatic rings. The lowest BCUT2D eigenvalue weighted by Crippen LogP contribution is -2.13. The Balaban J connectivity index is 2.29. The van der Waals surface area contributed by atoms with Gasteiger partial charge in [-0.2, -0.15) is 0 Å². The van der Waals surface area contributed by atoms with Crippen LogP contribution in [0, 0.1) is 11.8 Å². The Kier molecular flexibility index (Phi) is 4.77. The number of carbonyl (C=O) groups is 1. The summed E-state index contributed by atoms with van der Waals surface area (Å²) in [5, 5.41) is 12.5. The quantitative estimate of drug-likeness (QED) is 0.740. The van der Waals surface area contributed by atoms with Gasteiger partial charge in [0.25, 0.3) is 5.91 Å². The number of pyridine rings is 1. The maximum atomic E-state index is 12.1. The first kappa shape index (κ1) is 14.9. The van der Waals surface area contributed by atoms with Crippen molar-refractivity contribution in [3.8, 4) is 17.6 Å². The van der Waals surface area contributed by atoms with E-state index >= 15 is 0 Å². The number of anilines is 1. The molecule has 0 aliphatic carbocycles. The van der Waals surface area contributed by atoms with Crippen molar-refractivity contribution in [3.63, 3.8) is 0 Å². The van der Waals surface area contributed by atoms with Gasteiger partial charge in [0.15, 0.2) is 0 Å². The highest BCUT2D eigenvalue weighted by Crippen LogP contribution is 2.21. The largest absolute Gasteiger partial charge is 0.506 e. The van der Waals surface area contributed by atoms with Crippen LogP contribution < -0.4 is 11.1 Å². The van der Waals surface area contributed by atoms with Gasteiger partial charge in [-0.25, -0.2) is 0 Å². The Morgan fingerprint density at radius 1 is 1.38 bits per heavy atom. The first-order valence-electron chi connectivity index (χ1n) is 6.04. The summed E-state index contributed by atoms with van der Waals surface area (Å²) in [6, 6.07) is 6.26. The summed E-state index contributed by atoms with van der Waals surface area (Å²) in [7, 11) is 0. The van der Waals surface area contributed by atoms with Gasteiger partial charge in [0.05, 0.1) is 24.0 Å². The zero-order valence-corrected chi connectivity index (χ0v) is 11.7. The van der Waals surface area contributed by atoms with Crippen LogP contribution in [0.3, 0.4) is 0 Å². The molecule has 2 rings (SSSR count). The highest BCUT2D eigenvalue weighted by molar-refractivity contribution is 6.30. The second-order valence-electron chi connectivity index (χ2n) is 4.08. The fourth-order valence-corrected chi connectivity index (χ4v) is 1.79. The number of carbonyl (C=O) groups excluding carboxylic acids is 1. The van der Waals surface area contributed by atoms with Gasteiger partial charge in [-0.1, -0.05) is 23.4 Å². The monoisotopic (exact) mass is 301 g/mol. The Labute approximate surface area is 126 Å². The molecule has 0 atom stereocenters. The van der Waals surface area contributed by atoms with Gasteiger partial charge in [0, 0.05) is 16.8 Å². The van der Waals surface area contributed by atoms with E-state index in [1.54, 1.807) is 18.2 Å². The molecule has 0 radical (unpaired) electrons. The molecule has 2 aromatic rings. The van der Waals surface area contributed by atoms with E-state index in [-0.39, 0.29) is 17.9 Å². The Morgan fingerprint density at radius 2 is 2.19 bits per heavy atom. The van der Waals surface area contributed by atoms with Gasteiger partial charge in [-0.15, -0.1) is 0 Å². The van der Waals surface area contributed by atoms with Gasteiger partial charge < -0.3 is 16.2 Å². The van der Waals surface area contributed by atoms with Crippen LogP contribution in [0.25, 0.3) is 0 Å². The smallest absolute Gasteiger partial charge is 0.257 e. The van der Waals surface area contributed by atoms with Crippen molar-refractivity contribution in [3.05, 3.63) is 52.8 Å². The van der Waals surface area contributed by atoms with E-state index in [2.05, 4.69) is 22.1 Å². The van der Waals surface area contributed by atoms with Crippen molar-refractivity contribution in [1.29, 1.82) is 0 Å². The van der Waals surface area contributed by atoms with Gasteiger partial charge in [-0.3, -0.25) is 9.78 Å². The number of hydrogen-bond donors (Lipinski definition) is 3. The number of nitrogens with zero attached hydrogens (tertiary/aromatic N) is 1. The SMILES string of the molecule is NCC#Cc1cc(Cl)ccc1NC(=O)c1cncc(O)c1. The summed E-state index contributed by atoms with van der Waals surface area (Å²) in [4.78, 5) is 15.9. The van der Waals surface area contributed by atoms with Gasteiger partial charge in [-0.05, 0) is 24.3 Å². The molecular formula is C15H12ClN3O2. The first-order valence-corrected chi connectivity index (χ1v) is 6.42. The molecule has 21 heavy (non-hydrogen) atoms. The van der Waals surface area contributed by atoms with Crippen LogP contribution in [0.5, 0.6) is 5.75 Å². The van der Waals surface area contributed by atoms with Crippen molar-refractivity contribution in [2.24, 2.45) is 5.73 Å². The van der Waals surface area contributed by atoms with Crippen LogP contribution in [-0.4, -0.2) is 22.5 Å². The molecule has 0 unspecified atom stereocenters. The van der Waals surface area contributed by atoms with Crippen LogP contribution in [0.1, 0.15) is 15.9 Å². The molecule has 0 saturated heterocycles. The van der Waals surface area contributed by atoms with Crippen LogP contribution in [0.2, 0.25) is 5.02 Å². The minimum Gasteiger partial charge on any atom is -0.506 e. The number of benzene rings is 1. The van der Waals surface area contributed by atoms with Crippen molar-refractivity contribution in [1.82, 2.24) is 4.98 Å². The predicted molar refractivity (Wildman–Crippen MR) is 81.2 cm³/mol. The highest BCUT2D eigenvalue weighted by Gasteiger charge is 2.10. The molecule has 1 aromatic heterocycles. The van der Waals surface area contributed by atoms with Crippen molar-refractivity contribution in [2.45, 2.75) is 0 Å². The Hall–Kier alpha value is -2.55. The standard InChI is InChI=1S/C15H12ClN3O2/c16-12-3-4-14(10(6-12)2-1-5-17)19-15(21)11-7-13(20)9-18-8-11/h3-4,6-9,20H,5,17H2,(H,19,21). The molecule has 0 saturated carbocycles. The predicted octanol–water partition coefficient (Wildman–Crippen LogP) is 2.00. The molecule has 1 heterocycles. The first-order chi connectivity index (χ1) is 10.1. The zero-order chi connectivity index (χ0) is 15.2. The number of amides is 1. The van der Waals surface area contributed by atoms with E-state index in [1.165, 1.54) is 18.5 Å². The van der Waals surface area contributed by atoms with Crippen molar-refractivity contribution < 1.29 is 9.90 Å². The third-order valence-electron chi connectivity index (χ3n) is 2.54. The second-order valence-corrected chi connectivity index (χ2v) is 4.52. The van der Waals surface area contributed by atoms with Gasteiger partial charge in [0.1, 0.15) is 5.75 Å². The fourth-order valence-electron chi connectivity index (χ4n) is 1.62. The topological polar surface area (TPSA) is 88.2 Å². The molecule has 0 aliphatic heterocycles.